The number of aryl methyl sites for hydroxylation is 1. The van der Waals surface area contributed by atoms with Gasteiger partial charge in [-0.15, -0.1) is 0 Å². The number of aromatic nitrogens is 2. The molecule has 138 valence electrons. The number of hydrogen-bond donors (Lipinski definition) is 2. The van der Waals surface area contributed by atoms with Crippen molar-refractivity contribution in [1.82, 2.24) is 9.97 Å². The maximum atomic E-state index is 12.4. The highest BCUT2D eigenvalue weighted by atomic mass is 127. The highest BCUT2D eigenvalue weighted by Gasteiger charge is 2.16. The second kappa shape index (κ2) is 8.01. The van der Waals surface area contributed by atoms with Crippen molar-refractivity contribution >= 4 is 50.2 Å². The zero-order valence-corrected chi connectivity index (χ0v) is 17.2. The second-order valence-corrected chi connectivity index (χ2v) is 8.54. The molecule has 0 unspecified atom stereocenters. The number of nitrogens with one attached hydrogen (secondary N) is 2. The van der Waals surface area contributed by atoms with E-state index in [1.54, 1.807) is 31.2 Å². The Labute approximate surface area is 170 Å². The van der Waals surface area contributed by atoms with Gasteiger partial charge in [0.15, 0.2) is 0 Å². The number of anilines is 2. The van der Waals surface area contributed by atoms with Gasteiger partial charge in [-0.05, 0) is 78.0 Å². The van der Waals surface area contributed by atoms with E-state index in [0.29, 0.717) is 16.9 Å². The van der Waals surface area contributed by atoms with Gasteiger partial charge < -0.3 is 5.32 Å². The highest BCUT2D eigenvalue weighted by Crippen LogP contribution is 2.17. The molecule has 7 nitrogen and oxygen atoms in total. The zero-order chi connectivity index (χ0) is 19.4. The number of sulfonamides is 1. The number of carbonyl (C=O) groups excluding carboxylic acids is 1. The first-order chi connectivity index (χ1) is 12.8. The van der Waals surface area contributed by atoms with Crippen LogP contribution in [0.1, 0.15) is 16.1 Å². The normalized spacial score (nSPS) is 11.0. The summed E-state index contributed by atoms with van der Waals surface area (Å²) in [6.07, 6.45) is 1.48. The number of benzene rings is 2. The van der Waals surface area contributed by atoms with Crippen molar-refractivity contribution in [2.75, 3.05) is 10.0 Å². The SMILES string of the molecule is Cc1ccnc(NS(=O)(=O)c2ccc(NC(=O)c3cccc(I)c3)cc2)n1. The van der Waals surface area contributed by atoms with Crippen LogP contribution in [0.15, 0.2) is 65.7 Å². The van der Waals surface area contributed by atoms with E-state index in [1.165, 1.54) is 30.5 Å². The molecule has 0 saturated carbocycles. The maximum Gasteiger partial charge on any atom is 0.264 e. The summed E-state index contributed by atoms with van der Waals surface area (Å²) in [4.78, 5) is 20.2. The van der Waals surface area contributed by atoms with Crippen molar-refractivity contribution in [3.05, 3.63) is 75.6 Å². The van der Waals surface area contributed by atoms with Gasteiger partial charge in [-0.25, -0.2) is 23.1 Å². The van der Waals surface area contributed by atoms with Gasteiger partial charge >= 0.3 is 0 Å². The zero-order valence-electron chi connectivity index (χ0n) is 14.2. The van der Waals surface area contributed by atoms with Crippen molar-refractivity contribution in [2.24, 2.45) is 0 Å². The Morgan fingerprint density at radius 3 is 2.48 bits per heavy atom. The van der Waals surface area contributed by atoms with E-state index >= 15 is 0 Å². The van der Waals surface area contributed by atoms with E-state index < -0.39 is 10.0 Å². The predicted octanol–water partition coefficient (Wildman–Crippen LogP) is 3.44. The molecule has 0 bridgehead atoms. The first-order valence-electron chi connectivity index (χ1n) is 7.83. The van der Waals surface area contributed by atoms with Gasteiger partial charge in [0.2, 0.25) is 5.95 Å². The summed E-state index contributed by atoms with van der Waals surface area (Å²) in [5.41, 5.74) is 1.66. The number of rotatable bonds is 5. The average molecular weight is 494 g/mol. The van der Waals surface area contributed by atoms with Crippen molar-refractivity contribution in [3.8, 4) is 0 Å². The van der Waals surface area contributed by atoms with E-state index in [1.807, 2.05) is 6.07 Å². The lowest BCUT2D eigenvalue weighted by Gasteiger charge is -2.09. The van der Waals surface area contributed by atoms with E-state index in [9.17, 15) is 13.2 Å². The van der Waals surface area contributed by atoms with E-state index in [2.05, 4.69) is 42.6 Å². The Bertz CT molecular complexity index is 1090. The van der Waals surface area contributed by atoms with Crippen LogP contribution in [-0.4, -0.2) is 24.3 Å². The Balaban J connectivity index is 1.73. The Kier molecular flexibility index (Phi) is 5.71. The first-order valence-corrected chi connectivity index (χ1v) is 10.4. The van der Waals surface area contributed by atoms with Crippen LogP contribution in [0.3, 0.4) is 0 Å². The van der Waals surface area contributed by atoms with Crippen LogP contribution in [0.25, 0.3) is 0 Å². The summed E-state index contributed by atoms with van der Waals surface area (Å²) >= 11 is 2.13. The lowest BCUT2D eigenvalue weighted by Crippen LogP contribution is -2.16. The van der Waals surface area contributed by atoms with E-state index in [-0.39, 0.29) is 16.8 Å². The van der Waals surface area contributed by atoms with Crippen molar-refractivity contribution in [3.63, 3.8) is 0 Å². The largest absolute Gasteiger partial charge is 0.322 e. The molecule has 0 aliphatic rings. The molecule has 0 fully saturated rings. The number of hydrogen-bond acceptors (Lipinski definition) is 5. The van der Waals surface area contributed by atoms with E-state index in [0.717, 1.165) is 3.57 Å². The molecule has 0 radical (unpaired) electrons. The van der Waals surface area contributed by atoms with Crippen molar-refractivity contribution in [2.45, 2.75) is 11.8 Å². The molecule has 1 amide bonds. The smallest absolute Gasteiger partial charge is 0.264 e. The minimum atomic E-state index is -3.82. The summed E-state index contributed by atoms with van der Waals surface area (Å²) < 4.78 is 28.1. The molecule has 3 aromatic rings. The minimum absolute atomic E-state index is 0.00561. The third kappa shape index (κ3) is 5.01. The summed E-state index contributed by atoms with van der Waals surface area (Å²) in [7, 11) is -3.82. The standard InChI is InChI=1S/C18H15IN4O3S/c1-12-9-10-20-18(21-12)23-27(25,26)16-7-5-15(6-8-16)22-17(24)13-3-2-4-14(19)11-13/h2-11H,1H3,(H,22,24)(H,20,21,23). The van der Waals surface area contributed by atoms with Crippen LogP contribution in [0, 0.1) is 10.5 Å². The molecular formula is C18H15IN4O3S. The molecule has 0 spiro atoms. The maximum absolute atomic E-state index is 12.4. The van der Waals surface area contributed by atoms with Crippen LogP contribution < -0.4 is 10.0 Å². The van der Waals surface area contributed by atoms with Crippen LogP contribution in [0.5, 0.6) is 0 Å². The third-order valence-corrected chi connectivity index (χ3v) is 5.54. The fraction of sp³-hybridized carbons (Fsp3) is 0.0556. The fourth-order valence-electron chi connectivity index (χ4n) is 2.23. The van der Waals surface area contributed by atoms with Crippen LogP contribution in [0.2, 0.25) is 0 Å². The summed E-state index contributed by atoms with van der Waals surface area (Å²) in [6.45, 7) is 1.74. The van der Waals surface area contributed by atoms with Gasteiger partial charge in [0.25, 0.3) is 15.9 Å². The molecule has 1 aromatic heterocycles. The molecule has 9 heteroatoms. The molecule has 3 rings (SSSR count). The van der Waals surface area contributed by atoms with Gasteiger partial charge in [0, 0.05) is 26.7 Å². The van der Waals surface area contributed by atoms with Crippen LogP contribution in [-0.2, 0) is 10.0 Å². The molecule has 0 atom stereocenters. The Morgan fingerprint density at radius 2 is 1.81 bits per heavy atom. The summed E-state index contributed by atoms with van der Waals surface area (Å²) in [6, 6.07) is 14.7. The van der Waals surface area contributed by atoms with E-state index in [4.69, 9.17) is 0 Å². The highest BCUT2D eigenvalue weighted by molar-refractivity contribution is 14.1. The molecule has 0 aliphatic carbocycles. The minimum Gasteiger partial charge on any atom is -0.322 e. The monoisotopic (exact) mass is 494 g/mol. The number of halogens is 1. The molecule has 2 aromatic carbocycles. The van der Waals surface area contributed by atoms with Crippen LogP contribution in [0.4, 0.5) is 11.6 Å². The Hall–Kier alpha value is -2.53. The van der Waals surface area contributed by atoms with Gasteiger partial charge in [-0.3, -0.25) is 4.79 Å². The number of nitrogens with zero attached hydrogens (tertiary/aromatic N) is 2. The van der Waals surface area contributed by atoms with Gasteiger partial charge in [0.05, 0.1) is 4.90 Å². The second-order valence-electron chi connectivity index (χ2n) is 5.62. The third-order valence-electron chi connectivity index (χ3n) is 3.53. The Morgan fingerprint density at radius 1 is 1.07 bits per heavy atom. The summed E-state index contributed by atoms with van der Waals surface area (Å²) in [5.74, 6) is -0.263. The van der Waals surface area contributed by atoms with Gasteiger partial charge in [-0.1, -0.05) is 6.07 Å². The fourth-order valence-corrected chi connectivity index (χ4v) is 3.72. The summed E-state index contributed by atoms with van der Waals surface area (Å²) in [5, 5.41) is 2.74. The lowest BCUT2D eigenvalue weighted by atomic mass is 10.2. The topological polar surface area (TPSA) is 101 Å². The molecule has 2 N–H and O–H groups in total. The number of amides is 1. The van der Waals surface area contributed by atoms with Crippen LogP contribution >= 0.6 is 22.6 Å². The molecular weight excluding hydrogens is 479 g/mol. The van der Waals surface area contributed by atoms with Crippen molar-refractivity contribution in [1.29, 1.82) is 0 Å². The molecule has 0 aliphatic heterocycles. The first kappa shape index (κ1) is 19.2. The van der Waals surface area contributed by atoms with Gasteiger partial charge in [0.1, 0.15) is 0 Å². The number of carbonyl (C=O) groups is 1. The van der Waals surface area contributed by atoms with Gasteiger partial charge in [-0.2, -0.15) is 0 Å². The molecule has 1 heterocycles. The average Bonchev–Trinajstić information content (AvgIpc) is 2.62. The van der Waals surface area contributed by atoms with Crippen molar-refractivity contribution < 1.29 is 13.2 Å². The lowest BCUT2D eigenvalue weighted by molar-refractivity contribution is 0.102. The molecule has 0 saturated heterocycles. The quantitative estimate of drug-likeness (QED) is 0.530. The molecule has 27 heavy (non-hydrogen) atoms. The predicted molar refractivity (Wildman–Crippen MR) is 111 cm³/mol.